The van der Waals surface area contributed by atoms with Gasteiger partial charge < -0.3 is 35.6 Å². The number of hydrogen-bond donors (Lipinski definition) is 0. The number of thioether (sulfide) groups is 1. The van der Waals surface area contributed by atoms with Gasteiger partial charge in [0.05, 0.1) is 90.2 Å². The molecule has 296 valence electrons. The Balaban J connectivity index is 0.000000265. The number of methoxy groups -OCH3 is 1. The number of para-hydroxylation sites is 2. The zero-order valence-corrected chi connectivity index (χ0v) is 37.2. The van der Waals surface area contributed by atoms with Crippen LogP contribution in [-0.4, -0.2) is 103 Å². The van der Waals surface area contributed by atoms with Crippen molar-refractivity contribution in [2.24, 2.45) is 9.98 Å². The van der Waals surface area contributed by atoms with Crippen LogP contribution in [0.15, 0.2) is 141 Å². The van der Waals surface area contributed by atoms with Crippen LogP contribution in [0, 0.1) is 0 Å². The van der Waals surface area contributed by atoms with Crippen molar-refractivity contribution in [3.05, 3.63) is 133 Å². The second kappa shape index (κ2) is 22.1. The molecule has 0 atom stereocenters. The van der Waals surface area contributed by atoms with E-state index in [1.54, 1.807) is 31.3 Å². The summed E-state index contributed by atoms with van der Waals surface area (Å²) < 4.78 is 7.21. The number of aliphatic imine (C=N–C) groups is 2. The topological polar surface area (TPSA) is 63.0 Å². The average molecular weight is 856 g/mol. The molecule has 0 spiro atoms. The van der Waals surface area contributed by atoms with Crippen LogP contribution in [0.5, 0.6) is 5.75 Å². The Morgan fingerprint density at radius 1 is 0.696 bits per heavy atom. The normalized spacial score (nSPS) is 12.5. The summed E-state index contributed by atoms with van der Waals surface area (Å²) in [5, 5.41) is 1.15. The zero-order valence-electron chi connectivity index (χ0n) is 33.9. The lowest BCUT2D eigenvalue weighted by atomic mass is 10.1. The van der Waals surface area contributed by atoms with Gasteiger partial charge in [-0.2, -0.15) is 0 Å². The lowest BCUT2D eigenvalue weighted by Crippen LogP contribution is -3.00. The Morgan fingerprint density at radius 2 is 1.30 bits per heavy atom. The molecule has 4 aromatic carbocycles. The molecular weight excluding hydrogens is 799 g/mol. The molecule has 0 saturated carbocycles. The van der Waals surface area contributed by atoms with E-state index in [2.05, 4.69) is 136 Å². The molecule has 0 N–H and O–H groups in total. The number of halogens is 1. The van der Waals surface area contributed by atoms with Crippen molar-refractivity contribution in [1.29, 1.82) is 0 Å². The molecule has 0 radical (unpaired) electrons. The second-order valence-corrected chi connectivity index (χ2v) is 17.1. The molecule has 0 unspecified atom stereocenters. The standard InChI is InChI=1S/C28H32N3S2.C17H25N4O.BrH/c1-4-31(3,5-2)19-20-32-28-21-27(29-25-13-9-10-14-26(25)30-28)22-15-17-24(18-16-22)33-23-11-7-6-8-12-23;1-21(2,3)13-12-20(17-18-10-5-11-19-17)14-15-6-8-16(22-4)9-7-15;/h6-18H,4-5,19-21H2,1-3H3;5-11H,12-14H2,1-4H3;1H/q2*+1;/p-1. The van der Waals surface area contributed by atoms with Gasteiger partial charge in [0.1, 0.15) is 5.75 Å². The Kier molecular flexibility index (Phi) is 17.6. The maximum absolute atomic E-state index is 5.21. The van der Waals surface area contributed by atoms with Gasteiger partial charge in [-0.3, -0.25) is 4.99 Å². The fourth-order valence-electron chi connectivity index (χ4n) is 5.75. The summed E-state index contributed by atoms with van der Waals surface area (Å²) in [5.41, 5.74) is 5.39. The monoisotopic (exact) mass is 854 g/mol. The van der Waals surface area contributed by atoms with Gasteiger partial charge in [0, 0.05) is 40.9 Å². The van der Waals surface area contributed by atoms with Crippen LogP contribution in [0.2, 0.25) is 0 Å². The number of fused-ring (bicyclic) bond motifs is 1. The predicted octanol–water partition coefficient (Wildman–Crippen LogP) is 6.81. The number of hydrogen-bond acceptors (Lipinski definition) is 8. The molecule has 0 saturated heterocycles. The third kappa shape index (κ3) is 14.2. The molecule has 1 aliphatic heterocycles. The molecule has 0 fully saturated rings. The first kappa shape index (κ1) is 44.7. The highest BCUT2D eigenvalue weighted by Gasteiger charge is 2.20. The lowest BCUT2D eigenvalue weighted by molar-refractivity contribution is -0.903. The molecule has 1 aromatic heterocycles. The second-order valence-electron chi connectivity index (χ2n) is 14.8. The van der Waals surface area contributed by atoms with Crippen molar-refractivity contribution in [3.63, 3.8) is 0 Å². The lowest BCUT2D eigenvalue weighted by Gasteiger charge is -2.31. The molecule has 6 rings (SSSR count). The Hall–Kier alpha value is -4.00. The van der Waals surface area contributed by atoms with Crippen LogP contribution in [0.4, 0.5) is 17.3 Å². The summed E-state index contributed by atoms with van der Waals surface area (Å²) >= 11 is 3.67. The van der Waals surface area contributed by atoms with Crippen molar-refractivity contribution in [3.8, 4) is 5.75 Å². The predicted molar refractivity (Wildman–Crippen MR) is 235 cm³/mol. The van der Waals surface area contributed by atoms with Gasteiger partial charge in [-0.25, -0.2) is 15.0 Å². The van der Waals surface area contributed by atoms with E-state index in [4.69, 9.17) is 14.7 Å². The summed E-state index contributed by atoms with van der Waals surface area (Å²) in [6, 6.07) is 37.5. The summed E-state index contributed by atoms with van der Waals surface area (Å²) in [7, 11) is 10.6. The van der Waals surface area contributed by atoms with Crippen molar-refractivity contribution in [2.75, 3.05) is 78.7 Å². The number of benzene rings is 4. The van der Waals surface area contributed by atoms with Crippen molar-refractivity contribution in [2.45, 2.75) is 36.6 Å². The molecule has 1 aliphatic rings. The number of rotatable bonds is 15. The molecule has 2 heterocycles. The van der Waals surface area contributed by atoms with Crippen LogP contribution in [-0.2, 0) is 6.54 Å². The van der Waals surface area contributed by atoms with E-state index in [1.807, 2.05) is 42.1 Å². The first-order valence-corrected chi connectivity index (χ1v) is 20.9. The van der Waals surface area contributed by atoms with E-state index in [0.29, 0.717) is 0 Å². The highest BCUT2D eigenvalue weighted by molar-refractivity contribution is 8.14. The molecule has 0 aliphatic carbocycles. The molecule has 5 aromatic rings. The third-order valence-electron chi connectivity index (χ3n) is 9.70. The van der Waals surface area contributed by atoms with Crippen LogP contribution in [0.25, 0.3) is 0 Å². The van der Waals surface area contributed by atoms with Crippen molar-refractivity contribution < 1.29 is 30.7 Å². The minimum Gasteiger partial charge on any atom is -1.00 e. The Morgan fingerprint density at radius 3 is 1.91 bits per heavy atom. The SMILES string of the molecule is CC[N+](C)(CC)CCSC1=Nc2ccccc2N=C(c2ccc(Sc3ccccc3)cc2)C1.COc1ccc(CN(CC[N+](C)(C)C)c2ncccn2)cc1.[Br-]. The van der Waals surface area contributed by atoms with E-state index >= 15 is 0 Å². The number of ether oxygens (including phenoxy) is 1. The van der Waals surface area contributed by atoms with Crippen molar-refractivity contribution in [1.82, 2.24) is 9.97 Å². The fraction of sp³-hybridized carbons (Fsp3) is 0.333. The molecule has 0 amide bonds. The maximum atomic E-state index is 5.21. The molecule has 8 nitrogen and oxygen atoms in total. The minimum atomic E-state index is 0. The van der Waals surface area contributed by atoms with Gasteiger partial charge in [-0.1, -0.05) is 66.4 Å². The average Bonchev–Trinajstić information content (AvgIpc) is 3.40. The van der Waals surface area contributed by atoms with Gasteiger partial charge in [-0.05, 0) is 79.6 Å². The van der Waals surface area contributed by atoms with Gasteiger partial charge in [0.2, 0.25) is 5.95 Å². The maximum Gasteiger partial charge on any atom is 0.225 e. The van der Waals surface area contributed by atoms with E-state index in [-0.39, 0.29) is 17.0 Å². The fourth-order valence-corrected chi connectivity index (χ4v) is 7.75. The third-order valence-corrected chi connectivity index (χ3v) is 11.7. The largest absolute Gasteiger partial charge is 1.00 e. The number of likely N-dealkylation sites (N-methyl/N-ethyl adjacent to an activating group) is 1. The van der Waals surface area contributed by atoms with Gasteiger partial charge in [-0.15, -0.1) is 11.8 Å². The Labute approximate surface area is 354 Å². The van der Waals surface area contributed by atoms with E-state index in [0.717, 1.165) is 94.2 Å². The highest BCUT2D eigenvalue weighted by atomic mass is 79.9. The quantitative estimate of drug-likeness (QED) is 0.108. The number of anilines is 1. The van der Waals surface area contributed by atoms with Gasteiger partial charge in [0.25, 0.3) is 0 Å². The van der Waals surface area contributed by atoms with Gasteiger partial charge >= 0.3 is 0 Å². The van der Waals surface area contributed by atoms with Crippen LogP contribution < -0.4 is 26.6 Å². The zero-order chi connectivity index (χ0) is 39.1. The van der Waals surface area contributed by atoms with Crippen LogP contribution in [0.3, 0.4) is 0 Å². The van der Waals surface area contributed by atoms with Gasteiger partial charge in [0.15, 0.2) is 0 Å². The Bertz CT molecular complexity index is 1970. The van der Waals surface area contributed by atoms with E-state index in [9.17, 15) is 0 Å². The van der Waals surface area contributed by atoms with Crippen LogP contribution in [0.1, 0.15) is 31.4 Å². The summed E-state index contributed by atoms with van der Waals surface area (Å²) in [6.45, 7) is 10.7. The van der Waals surface area contributed by atoms with Crippen LogP contribution >= 0.6 is 23.5 Å². The summed E-state index contributed by atoms with van der Waals surface area (Å²) in [4.78, 5) is 23.5. The molecule has 56 heavy (non-hydrogen) atoms. The molecular formula is C45H57BrN7OS2+. The number of aromatic nitrogens is 2. The summed E-state index contributed by atoms with van der Waals surface area (Å²) in [6.07, 6.45) is 4.34. The first-order valence-electron chi connectivity index (χ1n) is 19.1. The highest BCUT2D eigenvalue weighted by Crippen LogP contribution is 2.34. The summed E-state index contributed by atoms with van der Waals surface area (Å²) in [5.74, 6) is 2.71. The van der Waals surface area contributed by atoms with Crippen molar-refractivity contribution >= 4 is 51.6 Å². The van der Waals surface area contributed by atoms with E-state index < -0.39 is 0 Å². The molecule has 0 bridgehead atoms. The number of quaternary nitrogens is 2. The number of nitrogens with zero attached hydrogens (tertiary/aromatic N) is 7. The smallest absolute Gasteiger partial charge is 0.225 e. The molecule has 11 heteroatoms. The van der Waals surface area contributed by atoms with E-state index in [1.165, 1.54) is 20.9 Å². The minimum absolute atomic E-state index is 0. The first-order chi connectivity index (χ1) is 26.6.